The molecule has 1 amide bonds. The van der Waals surface area contributed by atoms with Crippen LogP contribution in [0.3, 0.4) is 0 Å². The van der Waals surface area contributed by atoms with Gasteiger partial charge in [0.2, 0.25) is 0 Å². The third-order valence-electron chi connectivity index (χ3n) is 2.25. The van der Waals surface area contributed by atoms with Crippen LogP contribution in [-0.2, 0) is 6.42 Å². The fourth-order valence-corrected chi connectivity index (χ4v) is 2.31. The summed E-state index contributed by atoms with van der Waals surface area (Å²) in [5.74, 6) is -0.118. The Hall–Kier alpha value is -0.910. The molecule has 0 radical (unpaired) electrons. The standard InChI is InChI=1S/C11H17NO3S/c1-2-9-3-4-10(16-9)11(15)12(5-7-13)6-8-14/h3-4,13-14H,2,5-8H2,1H3. The molecule has 0 fully saturated rings. The number of hydrogen-bond acceptors (Lipinski definition) is 4. The second-order valence-electron chi connectivity index (χ2n) is 3.36. The van der Waals surface area contributed by atoms with Gasteiger partial charge in [-0.15, -0.1) is 11.3 Å². The predicted molar refractivity (Wildman–Crippen MR) is 63.8 cm³/mol. The van der Waals surface area contributed by atoms with Crippen molar-refractivity contribution >= 4 is 17.2 Å². The maximum absolute atomic E-state index is 12.0. The number of aliphatic hydroxyl groups excluding tert-OH is 2. The number of thiophene rings is 1. The van der Waals surface area contributed by atoms with E-state index in [4.69, 9.17) is 10.2 Å². The number of hydrogen-bond donors (Lipinski definition) is 2. The number of carbonyl (C=O) groups is 1. The Kier molecular flexibility index (Phi) is 5.45. The number of carbonyl (C=O) groups excluding carboxylic acids is 1. The first-order chi connectivity index (χ1) is 7.72. The summed E-state index contributed by atoms with van der Waals surface area (Å²) in [6.07, 6.45) is 0.915. The van der Waals surface area contributed by atoms with E-state index in [2.05, 4.69) is 0 Å². The Morgan fingerprint density at radius 3 is 2.38 bits per heavy atom. The summed E-state index contributed by atoms with van der Waals surface area (Å²) in [7, 11) is 0. The molecule has 1 heterocycles. The monoisotopic (exact) mass is 243 g/mol. The molecule has 0 aliphatic carbocycles. The quantitative estimate of drug-likeness (QED) is 0.774. The second kappa shape index (κ2) is 6.62. The van der Waals surface area contributed by atoms with Crippen molar-refractivity contribution in [3.05, 3.63) is 21.9 Å². The van der Waals surface area contributed by atoms with Crippen molar-refractivity contribution in [3.8, 4) is 0 Å². The van der Waals surface area contributed by atoms with Crippen LogP contribution in [0.1, 0.15) is 21.5 Å². The van der Waals surface area contributed by atoms with Gasteiger partial charge in [0.05, 0.1) is 18.1 Å². The van der Waals surface area contributed by atoms with Crippen molar-refractivity contribution < 1.29 is 15.0 Å². The lowest BCUT2D eigenvalue weighted by Crippen LogP contribution is -2.35. The van der Waals surface area contributed by atoms with Crippen LogP contribution >= 0.6 is 11.3 Å². The molecule has 0 bridgehead atoms. The Balaban J connectivity index is 2.72. The first-order valence-electron chi connectivity index (χ1n) is 5.32. The number of rotatable bonds is 6. The van der Waals surface area contributed by atoms with Crippen LogP contribution in [0, 0.1) is 0 Å². The minimum atomic E-state index is -0.118. The molecule has 2 N–H and O–H groups in total. The lowest BCUT2D eigenvalue weighted by Gasteiger charge is -2.19. The molecular formula is C11H17NO3S. The minimum absolute atomic E-state index is 0.0856. The third kappa shape index (κ3) is 3.30. The van der Waals surface area contributed by atoms with Crippen LogP contribution in [0.4, 0.5) is 0 Å². The summed E-state index contributed by atoms with van der Waals surface area (Å²) in [5, 5.41) is 17.7. The molecule has 1 aromatic heterocycles. The fraction of sp³-hybridized carbons (Fsp3) is 0.545. The van der Waals surface area contributed by atoms with Crippen molar-refractivity contribution in [2.24, 2.45) is 0 Å². The van der Waals surface area contributed by atoms with Gasteiger partial charge in [0.15, 0.2) is 0 Å². The van der Waals surface area contributed by atoms with E-state index in [1.807, 2.05) is 13.0 Å². The zero-order chi connectivity index (χ0) is 12.0. The third-order valence-corrected chi connectivity index (χ3v) is 3.47. The van der Waals surface area contributed by atoms with E-state index in [9.17, 15) is 4.79 Å². The van der Waals surface area contributed by atoms with Gasteiger partial charge in [0, 0.05) is 18.0 Å². The van der Waals surface area contributed by atoms with Crippen molar-refractivity contribution in [1.82, 2.24) is 4.90 Å². The van der Waals surface area contributed by atoms with Gasteiger partial charge in [0.1, 0.15) is 0 Å². The molecule has 0 aliphatic heterocycles. The van der Waals surface area contributed by atoms with Crippen LogP contribution in [-0.4, -0.2) is 47.3 Å². The molecule has 4 nitrogen and oxygen atoms in total. The highest BCUT2D eigenvalue weighted by molar-refractivity contribution is 7.14. The normalized spacial score (nSPS) is 10.4. The first kappa shape index (κ1) is 13.2. The van der Waals surface area contributed by atoms with Gasteiger partial charge >= 0.3 is 0 Å². The van der Waals surface area contributed by atoms with Gasteiger partial charge in [-0.2, -0.15) is 0 Å². The first-order valence-corrected chi connectivity index (χ1v) is 6.14. The fourth-order valence-electron chi connectivity index (χ4n) is 1.40. The smallest absolute Gasteiger partial charge is 0.264 e. The lowest BCUT2D eigenvalue weighted by molar-refractivity contribution is 0.0689. The largest absolute Gasteiger partial charge is 0.395 e. The Labute approximate surface area is 99.1 Å². The molecule has 0 aliphatic rings. The summed E-state index contributed by atoms with van der Waals surface area (Å²) in [4.78, 5) is 15.3. The second-order valence-corrected chi connectivity index (χ2v) is 4.53. The molecule has 1 aromatic rings. The van der Waals surface area contributed by atoms with Crippen molar-refractivity contribution in [3.63, 3.8) is 0 Å². The zero-order valence-electron chi connectivity index (χ0n) is 9.35. The summed E-state index contributed by atoms with van der Waals surface area (Å²) < 4.78 is 0. The molecule has 0 aromatic carbocycles. The van der Waals surface area contributed by atoms with E-state index >= 15 is 0 Å². The number of amides is 1. The highest BCUT2D eigenvalue weighted by Crippen LogP contribution is 2.18. The molecule has 0 spiro atoms. The van der Waals surface area contributed by atoms with Crippen LogP contribution in [0.15, 0.2) is 12.1 Å². The van der Waals surface area contributed by atoms with E-state index in [0.29, 0.717) is 4.88 Å². The molecule has 90 valence electrons. The Morgan fingerprint density at radius 2 is 1.94 bits per heavy atom. The van der Waals surface area contributed by atoms with Gasteiger partial charge in [0.25, 0.3) is 5.91 Å². The van der Waals surface area contributed by atoms with Crippen molar-refractivity contribution in [2.45, 2.75) is 13.3 Å². The summed E-state index contributed by atoms with van der Waals surface area (Å²) in [5.41, 5.74) is 0. The Morgan fingerprint density at radius 1 is 1.31 bits per heavy atom. The SMILES string of the molecule is CCc1ccc(C(=O)N(CCO)CCO)s1. The number of aliphatic hydroxyl groups is 2. The van der Waals surface area contributed by atoms with Crippen LogP contribution < -0.4 is 0 Å². The maximum Gasteiger partial charge on any atom is 0.264 e. The van der Waals surface area contributed by atoms with Crippen LogP contribution in [0.25, 0.3) is 0 Å². The number of aryl methyl sites for hydroxylation is 1. The van der Waals surface area contributed by atoms with Gasteiger partial charge in [-0.05, 0) is 18.6 Å². The molecular weight excluding hydrogens is 226 g/mol. The summed E-state index contributed by atoms with van der Waals surface area (Å²) in [6, 6.07) is 3.74. The Bertz CT molecular complexity index is 332. The van der Waals surface area contributed by atoms with Gasteiger partial charge < -0.3 is 15.1 Å². The molecule has 0 saturated carbocycles. The predicted octanol–water partition coefficient (Wildman–Crippen LogP) is 0.737. The molecule has 0 unspecified atom stereocenters. The number of nitrogens with zero attached hydrogens (tertiary/aromatic N) is 1. The van der Waals surface area contributed by atoms with E-state index in [-0.39, 0.29) is 32.2 Å². The molecule has 1 rings (SSSR count). The highest BCUT2D eigenvalue weighted by atomic mass is 32.1. The van der Waals surface area contributed by atoms with E-state index < -0.39 is 0 Å². The lowest BCUT2D eigenvalue weighted by atomic mass is 10.3. The summed E-state index contributed by atoms with van der Waals surface area (Å²) in [6.45, 7) is 2.40. The maximum atomic E-state index is 12.0. The summed E-state index contributed by atoms with van der Waals surface area (Å²) >= 11 is 1.47. The molecule has 16 heavy (non-hydrogen) atoms. The topological polar surface area (TPSA) is 60.8 Å². The average molecular weight is 243 g/mol. The zero-order valence-corrected chi connectivity index (χ0v) is 10.2. The molecule has 5 heteroatoms. The molecule has 0 atom stereocenters. The van der Waals surface area contributed by atoms with Gasteiger partial charge in [-0.25, -0.2) is 0 Å². The average Bonchev–Trinajstić information content (AvgIpc) is 2.76. The van der Waals surface area contributed by atoms with E-state index in [0.717, 1.165) is 11.3 Å². The van der Waals surface area contributed by atoms with Crippen LogP contribution in [0.2, 0.25) is 0 Å². The van der Waals surface area contributed by atoms with Gasteiger partial charge in [-0.1, -0.05) is 6.92 Å². The highest BCUT2D eigenvalue weighted by Gasteiger charge is 2.16. The van der Waals surface area contributed by atoms with Crippen molar-refractivity contribution in [1.29, 1.82) is 0 Å². The van der Waals surface area contributed by atoms with E-state index in [1.165, 1.54) is 16.2 Å². The minimum Gasteiger partial charge on any atom is -0.395 e. The van der Waals surface area contributed by atoms with Crippen LogP contribution in [0.5, 0.6) is 0 Å². The van der Waals surface area contributed by atoms with Crippen molar-refractivity contribution in [2.75, 3.05) is 26.3 Å². The van der Waals surface area contributed by atoms with Gasteiger partial charge in [-0.3, -0.25) is 4.79 Å². The van der Waals surface area contributed by atoms with E-state index in [1.54, 1.807) is 6.07 Å². The molecule has 0 saturated heterocycles.